The first-order valence-electron chi connectivity index (χ1n) is 9.59. The maximum atomic E-state index is 13.2. The van der Waals surface area contributed by atoms with Crippen molar-refractivity contribution in [3.8, 4) is 0 Å². The highest BCUT2D eigenvalue weighted by atomic mass is 19.4. The zero-order chi connectivity index (χ0) is 19.0. The zero-order valence-electron chi connectivity index (χ0n) is 15.3. The minimum Gasteiger partial charge on any atom is -0.376 e. The van der Waals surface area contributed by atoms with Crippen LogP contribution in [-0.2, 0) is 10.9 Å². The van der Waals surface area contributed by atoms with Gasteiger partial charge in [-0.3, -0.25) is 0 Å². The molecule has 9 heteroatoms. The van der Waals surface area contributed by atoms with Gasteiger partial charge in [-0.25, -0.2) is 0 Å². The molecule has 0 spiro atoms. The smallest absolute Gasteiger partial charge is 0.376 e. The van der Waals surface area contributed by atoms with Crippen molar-refractivity contribution in [3.63, 3.8) is 0 Å². The standard InChI is InChI=1S/C18H24F3N5O/c1-12-4-6-13(7-5-12)25(11-14-3-2-10-27-14)16-9-8-15-22-23-17(18(19,20)21)26(15)24-16/h8-9,12-14H,2-7,10-11H2,1H3/t12?,13?,14-/m0/s1. The molecule has 1 saturated heterocycles. The number of aromatic nitrogens is 4. The predicted molar refractivity (Wildman–Crippen MR) is 93.5 cm³/mol. The molecule has 0 aromatic carbocycles. The van der Waals surface area contributed by atoms with E-state index in [2.05, 4.69) is 27.1 Å². The molecular formula is C18H24F3N5O. The second kappa shape index (κ2) is 7.26. The summed E-state index contributed by atoms with van der Waals surface area (Å²) in [5.41, 5.74) is 0.0976. The van der Waals surface area contributed by atoms with Crippen molar-refractivity contribution >= 4 is 11.5 Å². The molecular weight excluding hydrogens is 359 g/mol. The number of nitrogens with zero attached hydrogens (tertiary/aromatic N) is 5. The summed E-state index contributed by atoms with van der Waals surface area (Å²) in [7, 11) is 0. The van der Waals surface area contributed by atoms with Gasteiger partial charge in [0.15, 0.2) is 5.65 Å². The molecule has 1 atom stereocenters. The summed E-state index contributed by atoms with van der Waals surface area (Å²) in [6.45, 7) is 3.65. The van der Waals surface area contributed by atoms with Gasteiger partial charge in [-0.05, 0) is 56.6 Å². The molecule has 4 rings (SSSR count). The topological polar surface area (TPSA) is 55.5 Å². The fourth-order valence-electron chi connectivity index (χ4n) is 4.10. The second-order valence-electron chi connectivity index (χ2n) is 7.68. The molecule has 2 fully saturated rings. The molecule has 0 radical (unpaired) electrons. The monoisotopic (exact) mass is 383 g/mol. The number of hydrogen-bond acceptors (Lipinski definition) is 5. The highest BCUT2D eigenvalue weighted by Gasteiger charge is 2.38. The van der Waals surface area contributed by atoms with Crippen molar-refractivity contribution in [3.05, 3.63) is 18.0 Å². The van der Waals surface area contributed by atoms with Crippen LogP contribution < -0.4 is 4.90 Å². The summed E-state index contributed by atoms with van der Waals surface area (Å²) in [5, 5.41) is 11.2. The lowest BCUT2D eigenvalue weighted by molar-refractivity contribution is -0.146. The first kappa shape index (κ1) is 18.5. The zero-order valence-corrected chi connectivity index (χ0v) is 15.3. The molecule has 6 nitrogen and oxygen atoms in total. The Kier molecular flexibility index (Phi) is 4.96. The maximum absolute atomic E-state index is 13.2. The number of fused-ring (bicyclic) bond motifs is 1. The second-order valence-corrected chi connectivity index (χ2v) is 7.68. The van der Waals surface area contributed by atoms with E-state index in [-0.39, 0.29) is 17.8 Å². The van der Waals surface area contributed by atoms with Crippen molar-refractivity contribution in [1.82, 2.24) is 19.8 Å². The van der Waals surface area contributed by atoms with Crippen LogP contribution in [0.15, 0.2) is 12.1 Å². The van der Waals surface area contributed by atoms with Crippen molar-refractivity contribution in [2.24, 2.45) is 5.92 Å². The van der Waals surface area contributed by atoms with E-state index in [0.717, 1.165) is 49.6 Å². The van der Waals surface area contributed by atoms with E-state index in [1.165, 1.54) is 0 Å². The van der Waals surface area contributed by atoms with Gasteiger partial charge in [0.2, 0.25) is 0 Å². The minimum absolute atomic E-state index is 0.0976. The molecule has 1 aliphatic carbocycles. The van der Waals surface area contributed by atoms with Crippen LogP contribution in [0.5, 0.6) is 0 Å². The molecule has 0 N–H and O–H groups in total. The number of halogens is 3. The number of rotatable bonds is 4. The molecule has 27 heavy (non-hydrogen) atoms. The van der Waals surface area contributed by atoms with E-state index in [1.807, 2.05) is 0 Å². The van der Waals surface area contributed by atoms with Gasteiger partial charge in [0, 0.05) is 19.2 Å². The Morgan fingerprint density at radius 1 is 1.15 bits per heavy atom. The van der Waals surface area contributed by atoms with Crippen LogP contribution in [0.1, 0.15) is 51.3 Å². The highest BCUT2D eigenvalue weighted by Crippen LogP contribution is 2.32. The van der Waals surface area contributed by atoms with Gasteiger partial charge < -0.3 is 9.64 Å². The summed E-state index contributed by atoms with van der Waals surface area (Å²) in [5.74, 6) is 0.132. The third kappa shape index (κ3) is 3.88. The van der Waals surface area contributed by atoms with E-state index in [1.54, 1.807) is 12.1 Å². The Morgan fingerprint density at radius 2 is 1.93 bits per heavy atom. The summed E-state index contributed by atoms with van der Waals surface area (Å²) in [6, 6.07) is 3.57. The summed E-state index contributed by atoms with van der Waals surface area (Å²) in [6.07, 6.45) is 1.78. The molecule has 148 valence electrons. The number of hydrogen-bond donors (Lipinski definition) is 0. The normalized spacial score (nSPS) is 26.6. The molecule has 1 aliphatic heterocycles. The third-order valence-corrected chi connectivity index (χ3v) is 5.65. The van der Waals surface area contributed by atoms with Gasteiger partial charge in [-0.1, -0.05) is 6.92 Å². The predicted octanol–water partition coefficient (Wildman–Crippen LogP) is 3.71. The summed E-state index contributed by atoms with van der Waals surface area (Å²) < 4.78 is 46.2. The lowest BCUT2D eigenvalue weighted by atomic mass is 9.86. The van der Waals surface area contributed by atoms with Crippen molar-refractivity contribution in [1.29, 1.82) is 0 Å². The minimum atomic E-state index is -4.59. The highest BCUT2D eigenvalue weighted by molar-refractivity contribution is 5.47. The fourth-order valence-corrected chi connectivity index (χ4v) is 4.10. The maximum Gasteiger partial charge on any atom is 0.453 e. The van der Waals surface area contributed by atoms with Gasteiger partial charge in [-0.15, -0.1) is 15.3 Å². The van der Waals surface area contributed by atoms with E-state index in [0.29, 0.717) is 18.3 Å². The number of alkyl halides is 3. The molecule has 2 aromatic rings. The van der Waals surface area contributed by atoms with E-state index < -0.39 is 12.0 Å². The van der Waals surface area contributed by atoms with Gasteiger partial charge in [0.05, 0.1) is 6.10 Å². The van der Waals surface area contributed by atoms with E-state index in [9.17, 15) is 13.2 Å². The summed E-state index contributed by atoms with van der Waals surface area (Å²) >= 11 is 0. The van der Waals surface area contributed by atoms with Crippen LogP contribution in [0.3, 0.4) is 0 Å². The molecule has 1 saturated carbocycles. The van der Waals surface area contributed by atoms with Gasteiger partial charge in [0.25, 0.3) is 5.82 Å². The van der Waals surface area contributed by atoms with Gasteiger partial charge in [-0.2, -0.15) is 17.7 Å². The Balaban J connectivity index is 1.67. The molecule has 0 amide bonds. The van der Waals surface area contributed by atoms with Crippen LogP contribution in [0.2, 0.25) is 0 Å². The Hall–Kier alpha value is -1.90. The summed E-state index contributed by atoms with van der Waals surface area (Å²) in [4.78, 5) is 2.14. The molecule has 3 heterocycles. The SMILES string of the molecule is CC1CCC(N(C[C@@H]2CCCO2)c2ccc3nnc(C(F)(F)F)n3n2)CC1. The van der Waals surface area contributed by atoms with E-state index in [4.69, 9.17) is 4.74 Å². The number of anilines is 1. The first-order valence-corrected chi connectivity index (χ1v) is 9.59. The average Bonchev–Trinajstić information content (AvgIpc) is 3.29. The van der Waals surface area contributed by atoms with Crippen molar-refractivity contribution in [2.45, 2.75) is 63.8 Å². The third-order valence-electron chi connectivity index (χ3n) is 5.65. The quantitative estimate of drug-likeness (QED) is 0.806. The molecule has 0 unspecified atom stereocenters. The van der Waals surface area contributed by atoms with Crippen molar-refractivity contribution < 1.29 is 17.9 Å². The average molecular weight is 383 g/mol. The van der Waals surface area contributed by atoms with Crippen LogP contribution >= 0.6 is 0 Å². The van der Waals surface area contributed by atoms with Crippen LogP contribution in [-0.4, -0.2) is 45.1 Å². The van der Waals surface area contributed by atoms with Crippen molar-refractivity contribution in [2.75, 3.05) is 18.1 Å². The Bertz CT molecular complexity index is 779. The van der Waals surface area contributed by atoms with Crippen LogP contribution in [0.4, 0.5) is 19.0 Å². The molecule has 0 bridgehead atoms. The Labute approximate surface area is 155 Å². The fraction of sp³-hybridized carbons (Fsp3) is 0.722. The first-order chi connectivity index (χ1) is 12.9. The van der Waals surface area contributed by atoms with Crippen LogP contribution in [0.25, 0.3) is 5.65 Å². The van der Waals surface area contributed by atoms with Gasteiger partial charge in [0.1, 0.15) is 5.82 Å². The van der Waals surface area contributed by atoms with Crippen LogP contribution in [0, 0.1) is 5.92 Å². The lowest BCUT2D eigenvalue weighted by Crippen LogP contribution is -2.43. The molecule has 2 aliphatic rings. The van der Waals surface area contributed by atoms with Gasteiger partial charge >= 0.3 is 6.18 Å². The van der Waals surface area contributed by atoms with E-state index >= 15 is 0 Å². The Morgan fingerprint density at radius 3 is 2.59 bits per heavy atom. The number of ether oxygens (including phenoxy) is 1. The lowest BCUT2D eigenvalue weighted by Gasteiger charge is -2.38. The molecule has 2 aromatic heterocycles. The largest absolute Gasteiger partial charge is 0.453 e.